The van der Waals surface area contributed by atoms with Gasteiger partial charge >= 0.3 is 5.97 Å². The molecule has 9 nitrogen and oxygen atoms in total. The van der Waals surface area contributed by atoms with Crippen molar-refractivity contribution in [2.75, 3.05) is 0 Å². The third-order valence-electron chi connectivity index (χ3n) is 3.24. The van der Waals surface area contributed by atoms with Crippen LogP contribution >= 0.6 is 0 Å². The van der Waals surface area contributed by atoms with Crippen molar-refractivity contribution in [3.8, 4) is 11.4 Å². The number of nitrogens with zero attached hydrogens (tertiary/aromatic N) is 4. The molecule has 9 heteroatoms. The number of carbonyl (C=O) groups is 1. The number of nitro groups is 1. The highest BCUT2D eigenvalue weighted by atomic mass is 16.6. The lowest BCUT2D eigenvalue weighted by Gasteiger charge is -1.97. The van der Waals surface area contributed by atoms with Crippen LogP contribution in [-0.2, 0) is 16.1 Å². The number of hydrogen-bond acceptors (Lipinski definition) is 8. The number of esters is 1. The van der Waals surface area contributed by atoms with E-state index in [1.807, 2.05) is 0 Å². The average Bonchev–Trinajstić information content (AvgIpc) is 3.15. The second kappa shape index (κ2) is 7.79. The normalized spacial score (nSPS) is 10.8. The summed E-state index contributed by atoms with van der Waals surface area (Å²) in [6, 6.07) is 9.28. The zero-order valence-electron chi connectivity index (χ0n) is 13.3. The van der Waals surface area contributed by atoms with Crippen LogP contribution in [-0.4, -0.2) is 26.0 Å². The van der Waals surface area contributed by atoms with Crippen molar-refractivity contribution in [1.82, 2.24) is 15.1 Å². The molecule has 0 aliphatic carbocycles. The number of aromatic nitrogens is 3. The van der Waals surface area contributed by atoms with Gasteiger partial charge in [-0.05, 0) is 35.9 Å². The number of nitro benzene ring substituents is 1. The van der Waals surface area contributed by atoms with Crippen LogP contribution in [0.1, 0.15) is 11.5 Å². The first-order valence-electron chi connectivity index (χ1n) is 7.44. The van der Waals surface area contributed by atoms with Gasteiger partial charge in [-0.2, -0.15) is 4.98 Å². The van der Waals surface area contributed by atoms with E-state index in [9.17, 15) is 14.9 Å². The molecule has 0 unspecified atom stereocenters. The van der Waals surface area contributed by atoms with E-state index in [0.717, 1.165) is 0 Å². The Balaban J connectivity index is 1.54. The summed E-state index contributed by atoms with van der Waals surface area (Å²) in [4.78, 5) is 29.9. The van der Waals surface area contributed by atoms with Gasteiger partial charge in [-0.3, -0.25) is 15.1 Å². The molecule has 0 saturated heterocycles. The number of carbonyl (C=O) groups excluding carboxylic acids is 1. The first-order chi connectivity index (χ1) is 12.6. The van der Waals surface area contributed by atoms with Gasteiger partial charge < -0.3 is 9.26 Å². The van der Waals surface area contributed by atoms with Gasteiger partial charge in [-0.25, -0.2) is 4.79 Å². The van der Waals surface area contributed by atoms with E-state index < -0.39 is 10.9 Å². The Labute approximate surface area is 147 Å². The summed E-state index contributed by atoms with van der Waals surface area (Å²) in [6.07, 6.45) is 5.91. The van der Waals surface area contributed by atoms with Crippen LogP contribution in [0.5, 0.6) is 0 Å². The SMILES string of the molecule is O=C(/C=C/c1ccc([N+](=O)[O-])cc1)OCc1nc(-c2cccnc2)no1. The van der Waals surface area contributed by atoms with Crippen molar-refractivity contribution >= 4 is 17.7 Å². The van der Waals surface area contributed by atoms with Crippen molar-refractivity contribution in [3.05, 3.63) is 76.4 Å². The average molecular weight is 352 g/mol. The van der Waals surface area contributed by atoms with Gasteiger partial charge in [0, 0.05) is 36.2 Å². The summed E-state index contributed by atoms with van der Waals surface area (Å²) in [5, 5.41) is 14.4. The summed E-state index contributed by atoms with van der Waals surface area (Å²) in [7, 11) is 0. The number of ether oxygens (including phenoxy) is 1. The minimum atomic E-state index is -0.607. The minimum absolute atomic E-state index is 0.0226. The lowest BCUT2D eigenvalue weighted by molar-refractivity contribution is -0.384. The van der Waals surface area contributed by atoms with Crippen molar-refractivity contribution < 1.29 is 19.0 Å². The third-order valence-corrected chi connectivity index (χ3v) is 3.24. The molecule has 0 saturated carbocycles. The molecular formula is C17H12N4O5. The Bertz CT molecular complexity index is 935. The standard InChI is InChI=1S/C17H12N4O5/c22-16(8-5-12-3-6-14(7-4-12)21(23)24)25-11-15-19-17(20-26-15)13-2-1-9-18-10-13/h1-10H,11H2/b8-5+. The van der Waals surface area contributed by atoms with Gasteiger partial charge in [-0.1, -0.05) is 5.16 Å². The van der Waals surface area contributed by atoms with Gasteiger partial charge in [0.1, 0.15) is 0 Å². The molecule has 3 aromatic rings. The Morgan fingerprint density at radius 1 is 1.27 bits per heavy atom. The van der Waals surface area contributed by atoms with Crippen LogP contribution in [0.2, 0.25) is 0 Å². The van der Waals surface area contributed by atoms with E-state index in [2.05, 4.69) is 15.1 Å². The van der Waals surface area contributed by atoms with Crippen LogP contribution in [0.25, 0.3) is 17.5 Å². The molecule has 0 aliphatic heterocycles. The van der Waals surface area contributed by atoms with Crippen LogP contribution in [0.4, 0.5) is 5.69 Å². The maximum absolute atomic E-state index is 11.7. The van der Waals surface area contributed by atoms with Crippen LogP contribution in [0.15, 0.2) is 59.4 Å². The fraction of sp³-hybridized carbons (Fsp3) is 0.0588. The van der Waals surface area contributed by atoms with Crippen molar-refractivity contribution in [2.45, 2.75) is 6.61 Å². The molecule has 0 N–H and O–H groups in total. The van der Waals surface area contributed by atoms with E-state index in [1.165, 1.54) is 36.4 Å². The molecule has 0 bridgehead atoms. The predicted octanol–water partition coefficient (Wildman–Crippen LogP) is 2.80. The van der Waals surface area contributed by atoms with Crippen LogP contribution in [0, 0.1) is 10.1 Å². The Kier molecular flexibility index (Phi) is 5.08. The Hall–Kier alpha value is -3.88. The van der Waals surface area contributed by atoms with Gasteiger partial charge in [0.25, 0.3) is 11.6 Å². The first kappa shape index (κ1) is 17.0. The number of non-ortho nitro benzene ring substituents is 1. The van der Waals surface area contributed by atoms with E-state index in [4.69, 9.17) is 9.26 Å². The lowest BCUT2D eigenvalue weighted by atomic mass is 10.2. The number of benzene rings is 1. The summed E-state index contributed by atoms with van der Waals surface area (Å²) >= 11 is 0. The maximum atomic E-state index is 11.7. The lowest BCUT2D eigenvalue weighted by Crippen LogP contribution is -2.01. The Morgan fingerprint density at radius 3 is 2.77 bits per heavy atom. The fourth-order valence-corrected chi connectivity index (χ4v) is 1.98. The number of pyridine rings is 1. The molecule has 26 heavy (non-hydrogen) atoms. The zero-order chi connectivity index (χ0) is 18.4. The number of hydrogen-bond donors (Lipinski definition) is 0. The van der Waals surface area contributed by atoms with Gasteiger partial charge in [0.2, 0.25) is 5.82 Å². The Morgan fingerprint density at radius 2 is 2.08 bits per heavy atom. The van der Waals surface area contributed by atoms with Crippen molar-refractivity contribution in [1.29, 1.82) is 0 Å². The van der Waals surface area contributed by atoms with Crippen LogP contribution in [0.3, 0.4) is 0 Å². The second-order valence-electron chi connectivity index (χ2n) is 5.04. The highest BCUT2D eigenvalue weighted by Crippen LogP contribution is 2.15. The molecule has 0 radical (unpaired) electrons. The molecule has 1 aromatic carbocycles. The molecule has 3 rings (SSSR count). The molecule has 0 aliphatic rings. The zero-order valence-corrected chi connectivity index (χ0v) is 13.3. The van der Waals surface area contributed by atoms with Crippen molar-refractivity contribution in [3.63, 3.8) is 0 Å². The van der Waals surface area contributed by atoms with E-state index >= 15 is 0 Å². The van der Waals surface area contributed by atoms with Gasteiger partial charge in [-0.15, -0.1) is 0 Å². The molecule has 0 amide bonds. The maximum Gasteiger partial charge on any atom is 0.331 e. The van der Waals surface area contributed by atoms with E-state index in [-0.39, 0.29) is 18.2 Å². The highest BCUT2D eigenvalue weighted by molar-refractivity contribution is 5.87. The molecule has 0 spiro atoms. The summed E-state index contributed by atoms with van der Waals surface area (Å²) in [5.41, 5.74) is 1.29. The molecular weight excluding hydrogens is 340 g/mol. The van der Waals surface area contributed by atoms with Gasteiger partial charge in [0.15, 0.2) is 6.61 Å². The molecule has 130 valence electrons. The van der Waals surface area contributed by atoms with Gasteiger partial charge in [0.05, 0.1) is 4.92 Å². The quantitative estimate of drug-likeness (QED) is 0.287. The number of rotatable bonds is 6. The smallest absolute Gasteiger partial charge is 0.331 e. The fourth-order valence-electron chi connectivity index (χ4n) is 1.98. The summed E-state index contributed by atoms with van der Waals surface area (Å²) in [5.74, 6) is -0.101. The van der Waals surface area contributed by atoms with Crippen LogP contribution < -0.4 is 0 Å². The van der Waals surface area contributed by atoms with E-state index in [0.29, 0.717) is 17.0 Å². The first-order valence-corrected chi connectivity index (χ1v) is 7.44. The summed E-state index contributed by atoms with van der Waals surface area (Å²) in [6.45, 7) is -0.170. The molecule has 2 heterocycles. The largest absolute Gasteiger partial charge is 0.452 e. The highest BCUT2D eigenvalue weighted by Gasteiger charge is 2.10. The van der Waals surface area contributed by atoms with Crippen molar-refractivity contribution in [2.24, 2.45) is 0 Å². The molecule has 0 fully saturated rings. The summed E-state index contributed by atoms with van der Waals surface area (Å²) < 4.78 is 10.0. The monoisotopic (exact) mass is 352 g/mol. The van der Waals surface area contributed by atoms with E-state index in [1.54, 1.807) is 24.5 Å². The topological polar surface area (TPSA) is 121 Å². The molecule has 2 aromatic heterocycles. The predicted molar refractivity (Wildman–Crippen MR) is 89.5 cm³/mol. The minimum Gasteiger partial charge on any atom is -0.452 e. The third kappa shape index (κ3) is 4.35. The molecule has 0 atom stereocenters. The second-order valence-corrected chi connectivity index (χ2v) is 5.04.